The van der Waals surface area contributed by atoms with E-state index in [1.807, 2.05) is 30.3 Å². The summed E-state index contributed by atoms with van der Waals surface area (Å²) in [6, 6.07) is 14.8. The molecule has 0 aliphatic carbocycles. The van der Waals surface area contributed by atoms with Crippen LogP contribution in [0.1, 0.15) is 25.3 Å². The highest BCUT2D eigenvalue weighted by molar-refractivity contribution is 5.84. The van der Waals surface area contributed by atoms with Gasteiger partial charge in [0.1, 0.15) is 11.6 Å². The molecule has 0 aromatic heterocycles. The fourth-order valence-corrected chi connectivity index (χ4v) is 3.54. The molecule has 1 heterocycles. The van der Waals surface area contributed by atoms with Gasteiger partial charge in [0.25, 0.3) is 5.91 Å². The van der Waals surface area contributed by atoms with Gasteiger partial charge in [-0.05, 0) is 37.5 Å². The van der Waals surface area contributed by atoms with Gasteiger partial charge < -0.3 is 14.7 Å². The topological polar surface area (TPSA) is 66.8 Å². The van der Waals surface area contributed by atoms with Gasteiger partial charge in [-0.25, -0.2) is 4.39 Å². The molecule has 3 rings (SSSR count). The molecular weight excluding hydrogens is 349 g/mol. The van der Waals surface area contributed by atoms with Crippen molar-refractivity contribution in [1.82, 2.24) is 4.90 Å². The van der Waals surface area contributed by atoms with E-state index in [9.17, 15) is 19.1 Å². The minimum atomic E-state index is -0.981. The van der Waals surface area contributed by atoms with E-state index in [4.69, 9.17) is 4.74 Å². The lowest BCUT2D eigenvalue weighted by atomic mass is 9.73. The first-order valence-corrected chi connectivity index (χ1v) is 8.92. The molecule has 0 bridgehead atoms. The average Bonchev–Trinajstić information content (AvgIpc) is 2.68. The van der Waals surface area contributed by atoms with Gasteiger partial charge >= 0.3 is 5.97 Å². The molecule has 6 heteroatoms. The zero-order valence-corrected chi connectivity index (χ0v) is 15.1. The van der Waals surface area contributed by atoms with Crippen molar-refractivity contribution in [1.29, 1.82) is 0 Å². The lowest BCUT2D eigenvalue weighted by molar-refractivity contribution is -0.149. The zero-order valence-electron chi connectivity index (χ0n) is 15.1. The average molecular weight is 371 g/mol. The van der Waals surface area contributed by atoms with E-state index in [1.165, 1.54) is 18.2 Å². The van der Waals surface area contributed by atoms with Gasteiger partial charge in [0.2, 0.25) is 0 Å². The smallest absolute Gasteiger partial charge is 0.314 e. The first-order valence-electron chi connectivity index (χ1n) is 8.92. The molecule has 27 heavy (non-hydrogen) atoms. The third-order valence-electron chi connectivity index (χ3n) is 5.12. The largest absolute Gasteiger partial charge is 0.481 e. The van der Waals surface area contributed by atoms with Gasteiger partial charge in [-0.15, -0.1) is 0 Å². The number of nitrogens with zero attached hydrogens (tertiary/aromatic N) is 1. The maximum atomic E-state index is 13.3. The number of carboxylic acids is 1. The van der Waals surface area contributed by atoms with Crippen LogP contribution >= 0.6 is 0 Å². The fraction of sp³-hybridized carbons (Fsp3) is 0.333. The summed E-state index contributed by atoms with van der Waals surface area (Å²) >= 11 is 0. The van der Waals surface area contributed by atoms with Crippen LogP contribution in [0.25, 0.3) is 0 Å². The summed E-state index contributed by atoms with van der Waals surface area (Å²) in [5.41, 5.74) is -0.223. The SMILES string of the molecule is CC(Oc1cccc(F)c1)C(=O)N1CCC(C(=O)O)(c2ccccc2)CC1. The normalized spacial score (nSPS) is 17.2. The molecule has 1 amide bonds. The Morgan fingerprint density at radius 3 is 2.37 bits per heavy atom. The first kappa shape index (κ1) is 18.9. The number of hydrogen-bond donors (Lipinski definition) is 1. The fourth-order valence-electron chi connectivity index (χ4n) is 3.54. The summed E-state index contributed by atoms with van der Waals surface area (Å²) in [6.45, 7) is 2.28. The maximum absolute atomic E-state index is 13.3. The molecule has 2 aromatic carbocycles. The minimum absolute atomic E-state index is 0.230. The highest BCUT2D eigenvalue weighted by Crippen LogP contribution is 2.36. The van der Waals surface area contributed by atoms with Gasteiger partial charge in [0.15, 0.2) is 6.10 Å². The quantitative estimate of drug-likeness (QED) is 0.876. The Hall–Kier alpha value is -2.89. The summed E-state index contributed by atoms with van der Waals surface area (Å²) in [5.74, 6) is -1.24. The van der Waals surface area contributed by atoms with E-state index in [2.05, 4.69) is 0 Å². The number of carbonyl (C=O) groups is 2. The summed E-state index contributed by atoms with van der Waals surface area (Å²) in [6.07, 6.45) is -0.101. The van der Waals surface area contributed by atoms with Gasteiger partial charge in [0.05, 0.1) is 5.41 Å². The summed E-state index contributed by atoms with van der Waals surface area (Å²) < 4.78 is 18.8. The number of benzene rings is 2. The highest BCUT2D eigenvalue weighted by Gasteiger charge is 2.44. The van der Waals surface area contributed by atoms with E-state index in [1.54, 1.807) is 17.9 Å². The van der Waals surface area contributed by atoms with Crippen molar-refractivity contribution in [2.75, 3.05) is 13.1 Å². The van der Waals surface area contributed by atoms with Crippen molar-refractivity contribution < 1.29 is 23.8 Å². The summed E-state index contributed by atoms with van der Waals surface area (Å²) in [4.78, 5) is 26.3. The number of amides is 1. The van der Waals surface area contributed by atoms with Crippen molar-refractivity contribution in [3.63, 3.8) is 0 Å². The van der Waals surface area contributed by atoms with Gasteiger partial charge in [0, 0.05) is 19.2 Å². The predicted molar refractivity (Wildman–Crippen MR) is 98.1 cm³/mol. The highest BCUT2D eigenvalue weighted by atomic mass is 19.1. The maximum Gasteiger partial charge on any atom is 0.314 e. The van der Waals surface area contributed by atoms with Crippen LogP contribution in [-0.4, -0.2) is 41.1 Å². The third-order valence-corrected chi connectivity index (χ3v) is 5.12. The third kappa shape index (κ3) is 3.94. The number of aliphatic carboxylic acids is 1. The number of ether oxygens (including phenoxy) is 1. The molecule has 2 aromatic rings. The molecule has 0 saturated carbocycles. The summed E-state index contributed by atoms with van der Waals surface area (Å²) in [5, 5.41) is 9.83. The lowest BCUT2D eigenvalue weighted by Crippen LogP contribution is -2.51. The van der Waals surface area contributed by atoms with Crippen molar-refractivity contribution in [2.45, 2.75) is 31.3 Å². The number of piperidine rings is 1. The van der Waals surface area contributed by atoms with Gasteiger partial charge in [-0.1, -0.05) is 36.4 Å². The summed E-state index contributed by atoms with van der Waals surface area (Å²) in [7, 11) is 0. The van der Waals surface area contributed by atoms with E-state index in [0.717, 1.165) is 5.56 Å². The predicted octanol–water partition coefficient (Wildman–Crippen LogP) is 3.24. The molecular formula is C21H22FNO4. The Bertz CT molecular complexity index is 816. The number of halogens is 1. The molecule has 1 unspecified atom stereocenters. The van der Waals surface area contributed by atoms with Crippen LogP contribution in [-0.2, 0) is 15.0 Å². The first-order chi connectivity index (χ1) is 12.9. The zero-order chi connectivity index (χ0) is 19.4. The van der Waals surface area contributed by atoms with Crippen molar-refractivity contribution in [3.05, 3.63) is 66.0 Å². The van der Waals surface area contributed by atoms with Crippen LogP contribution < -0.4 is 4.74 Å². The number of hydrogen-bond acceptors (Lipinski definition) is 3. The van der Waals surface area contributed by atoms with Crippen LogP contribution in [0, 0.1) is 5.82 Å². The van der Waals surface area contributed by atoms with Crippen LogP contribution in [0.15, 0.2) is 54.6 Å². The molecule has 1 N–H and O–H groups in total. The second kappa shape index (κ2) is 7.78. The van der Waals surface area contributed by atoms with Gasteiger partial charge in [-0.3, -0.25) is 9.59 Å². The molecule has 142 valence electrons. The number of rotatable bonds is 5. The van der Waals surface area contributed by atoms with Crippen molar-refractivity contribution in [2.24, 2.45) is 0 Å². The second-order valence-corrected chi connectivity index (χ2v) is 6.80. The molecule has 1 aliphatic heterocycles. The van der Waals surface area contributed by atoms with Crippen LogP contribution in [0.2, 0.25) is 0 Å². The molecule has 5 nitrogen and oxygen atoms in total. The Morgan fingerprint density at radius 2 is 1.78 bits per heavy atom. The van der Waals surface area contributed by atoms with Crippen LogP contribution in [0.5, 0.6) is 5.75 Å². The van der Waals surface area contributed by atoms with E-state index in [0.29, 0.717) is 25.9 Å². The molecule has 0 radical (unpaired) electrons. The number of likely N-dealkylation sites (tertiary alicyclic amines) is 1. The molecule has 1 saturated heterocycles. The number of carbonyl (C=O) groups excluding carboxylic acids is 1. The van der Waals surface area contributed by atoms with E-state index < -0.39 is 23.3 Å². The van der Waals surface area contributed by atoms with Crippen molar-refractivity contribution >= 4 is 11.9 Å². The van der Waals surface area contributed by atoms with Crippen LogP contribution in [0.4, 0.5) is 4.39 Å². The van der Waals surface area contributed by atoms with Crippen molar-refractivity contribution in [3.8, 4) is 5.75 Å². The minimum Gasteiger partial charge on any atom is -0.481 e. The van der Waals surface area contributed by atoms with E-state index in [-0.39, 0.29) is 11.7 Å². The van der Waals surface area contributed by atoms with Gasteiger partial charge in [-0.2, -0.15) is 0 Å². The Labute approximate surface area is 157 Å². The molecule has 0 spiro atoms. The molecule has 1 atom stereocenters. The van der Waals surface area contributed by atoms with Crippen LogP contribution in [0.3, 0.4) is 0 Å². The Balaban J connectivity index is 1.67. The van der Waals surface area contributed by atoms with E-state index >= 15 is 0 Å². The lowest BCUT2D eigenvalue weighted by Gasteiger charge is -2.40. The molecule has 1 aliphatic rings. The Morgan fingerprint density at radius 1 is 1.11 bits per heavy atom. The standard InChI is InChI=1S/C21H22FNO4/c1-15(27-18-9-5-8-17(22)14-18)19(24)23-12-10-21(11-13-23,20(25)26)16-6-3-2-4-7-16/h2-9,14-15H,10-13H2,1H3,(H,25,26). The number of carboxylic acid groups (broad SMARTS) is 1. The monoisotopic (exact) mass is 371 g/mol. The second-order valence-electron chi connectivity index (χ2n) is 6.80. The molecule has 1 fully saturated rings. The Kier molecular flexibility index (Phi) is 5.44.